The number of aliphatic hydroxyl groups excluding tert-OH is 2. The summed E-state index contributed by atoms with van der Waals surface area (Å²) < 4.78 is 5.43. The van der Waals surface area contributed by atoms with Crippen molar-refractivity contribution in [2.45, 2.75) is 309 Å². The lowest BCUT2D eigenvalue weighted by Gasteiger charge is -2.22. The largest absolute Gasteiger partial charge is 0.466 e. The molecule has 0 aromatic rings. The monoisotopic (exact) mass is 874 g/mol. The Morgan fingerprint density at radius 1 is 0.435 bits per heavy atom. The Labute approximate surface area is 386 Å². The third-order valence-electron chi connectivity index (χ3n) is 12.7. The van der Waals surface area contributed by atoms with E-state index in [-0.39, 0.29) is 18.5 Å². The molecule has 0 fully saturated rings. The van der Waals surface area contributed by atoms with Crippen LogP contribution in [0.4, 0.5) is 0 Å². The highest BCUT2D eigenvalue weighted by Gasteiger charge is 2.20. The molecule has 0 heterocycles. The Morgan fingerprint density at radius 3 is 1.21 bits per heavy atom. The maximum absolute atomic E-state index is 12.5. The van der Waals surface area contributed by atoms with Crippen molar-refractivity contribution in [1.29, 1.82) is 0 Å². The van der Waals surface area contributed by atoms with E-state index >= 15 is 0 Å². The molecule has 0 bridgehead atoms. The molecule has 0 spiro atoms. The summed E-state index contributed by atoms with van der Waals surface area (Å²) in [4.78, 5) is 24.4. The first-order valence-corrected chi connectivity index (χ1v) is 27.6. The van der Waals surface area contributed by atoms with Gasteiger partial charge in [0.05, 0.1) is 25.4 Å². The van der Waals surface area contributed by atoms with Gasteiger partial charge in [-0.25, -0.2) is 0 Å². The first-order valence-electron chi connectivity index (χ1n) is 27.6. The molecule has 0 aliphatic heterocycles. The van der Waals surface area contributed by atoms with Gasteiger partial charge in [-0.2, -0.15) is 0 Å². The van der Waals surface area contributed by atoms with Gasteiger partial charge in [0.2, 0.25) is 5.91 Å². The summed E-state index contributed by atoms with van der Waals surface area (Å²) in [6.07, 6.45) is 61.6. The van der Waals surface area contributed by atoms with Crippen LogP contribution >= 0.6 is 0 Å². The van der Waals surface area contributed by atoms with Crippen molar-refractivity contribution in [1.82, 2.24) is 5.32 Å². The predicted molar refractivity (Wildman–Crippen MR) is 269 cm³/mol. The fourth-order valence-corrected chi connectivity index (χ4v) is 8.44. The zero-order chi connectivity index (χ0) is 45.1. The zero-order valence-electron chi connectivity index (χ0n) is 41.6. The summed E-state index contributed by atoms with van der Waals surface area (Å²) >= 11 is 0. The van der Waals surface area contributed by atoms with Gasteiger partial charge in [0, 0.05) is 12.8 Å². The lowest BCUT2D eigenvalue weighted by Crippen LogP contribution is -2.45. The number of esters is 1. The van der Waals surface area contributed by atoms with Crippen LogP contribution in [0.25, 0.3) is 0 Å². The number of carbonyl (C=O) groups is 2. The van der Waals surface area contributed by atoms with Crippen molar-refractivity contribution in [3.8, 4) is 0 Å². The van der Waals surface area contributed by atoms with Crippen LogP contribution in [0.1, 0.15) is 296 Å². The lowest BCUT2D eigenvalue weighted by atomic mass is 10.0. The van der Waals surface area contributed by atoms with Crippen LogP contribution in [0.3, 0.4) is 0 Å². The molecule has 0 aromatic carbocycles. The van der Waals surface area contributed by atoms with Gasteiger partial charge in [-0.05, 0) is 70.6 Å². The maximum Gasteiger partial charge on any atom is 0.305 e. The first-order chi connectivity index (χ1) is 30.5. The van der Waals surface area contributed by atoms with E-state index in [0.29, 0.717) is 25.9 Å². The number of amides is 1. The van der Waals surface area contributed by atoms with Crippen molar-refractivity contribution >= 4 is 11.9 Å². The highest BCUT2D eigenvalue weighted by molar-refractivity contribution is 5.76. The average Bonchev–Trinajstić information content (AvgIpc) is 3.27. The van der Waals surface area contributed by atoms with Gasteiger partial charge in [0.25, 0.3) is 0 Å². The van der Waals surface area contributed by atoms with Crippen LogP contribution in [-0.2, 0) is 14.3 Å². The summed E-state index contributed by atoms with van der Waals surface area (Å²) in [5.41, 5.74) is 0. The highest BCUT2D eigenvalue weighted by Crippen LogP contribution is 2.17. The van der Waals surface area contributed by atoms with Gasteiger partial charge in [0.1, 0.15) is 0 Å². The molecule has 0 radical (unpaired) electrons. The first kappa shape index (κ1) is 60.3. The van der Waals surface area contributed by atoms with E-state index in [9.17, 15) is 19.8 Å². The quantitative estimate of drug-likeness (QED) is 0.0321. The number of hydrogen-bond acceptors (Lipinski definition) is 5. The minimum atomic E-state index is -0.682. The Balaban J connectivity index is 3.50. The maximum atomic E-state index is 12.5. The second kappa shape index (κ2) is 52.0. The number of carbonyl (C=O) groups excluding carboxylic acids is 2. The molecule has 0 aliphatic rings. The topological polar surface area (TPSA) is 95.9 Å². The molecular weight excluding hydrogens is 767 g/mol. The molecule has 1 amide bonds. The zero-order valence-corrected chi connectivity index (χ0v) is 41.6. The smallest absolute Gasteiger partial charge is 0.305 e. The highest BCUT2D eigenvalue weighted by atomic mass is 16.5. The molecule has 6 nitrogen and oxygen atoms in total. The van der Waals surface area contributed by atoms with Crippen LogP contribution in [0, 0.1) is 0 Å². The van der Waals surface area contributed by atoms with Crippen LogP contribution in [-0.4, -0.2) is 47.4 Å². The minimum absolute atomic E-state index is 0.0233. The molecule has 62 heavy (non-hydrogen) atoms. The average molecular weight is 874 g/mol. The van der Waals surface area contributed by atoms with Gasteiger partial charge >= 0.3 is 5.97 Å². The molecule has 2 atom stereocenters. The van der Waals surface area contributed by atoms with Crippen LogP contribution in [0.2, 0.25) is 0 Å². The summed E-state index contributed by atoms with van der Waals surface area (Å²) in [6, 6.07) is -0.562. The van der Waals surface area contributed by atoms with Gasteiger partial charge in [0.15, 0.2) is 0 Å². The number of allylic oxidation sites excluding steroid dienone is 4. The summed E-state index contributed by atoms with van der Waals surface area (Å²) in [6.45, 7) is 4.88. The number of aliphatic hydroxyl groups is 2. The van der Waals surface area contributed by atoms with E-state index in [1.165, 1.54) is 193 Å². The normalized spacial score (nSPS) is 12.8. The number of unbranched alkanes of at least 4 members (excludes halogenated alkanes) is 36. The third-order valence-corrected chi connectivity index (χ3v) is 12.7. The van der Waals surface area contributed by atoms with Crippen molar-refractivity contribution in [3.05, 3.63) is 24.3 Å². The van der Waals surface area contributed by atoms with Gasteiger partial charge in [-0.3, -0.25) is 9.59 Å². The second-order valence-corrected chi connectivity index (χ2v) is 18.9. The van der Waals surface area contributed by atoms with Crippen molar-refractivity contribution in [2.24, 2.45) is 0 Å². The number of ether oxygens (including phenoxy) is 1. The Morgan fingerprint density at radius 2 is 0.774 bits per heavy atom. The third kappa shape index (κ3) is 47.8. The number of nitrogens with one attached hydrogen (secondary N) is 1. The van der Waals surface area contributed by atoms with Gasteiger partial charge in [-0.15, -0.1) is 0 Å². The lowest BCUT2D eigenvalue weighted by molar-refractivity contribution is -0.143. The van der Waals surface area contributed by atoms with E-state index in [0.717, 1.165) is 70.6 Å². The SMILES string of the molecule is CCCC/C=C\CCCCCCCC(=O)OCCCCCCCC/C=C\CCCCCC(=O)NC(CO)C(O)CCCCCCCCCCCCCCCCCCCCCCC. The van der Waals surface area contributed by atoms with Gasteiger partial charge < -0.3 is 20.3 Å². The van der Waals surface area contributed by atoms with E-state index in [1.54, 1.807) is 0 Å². The minimum Gasteiger partial charge on any atom is -0.466 e. The van der Waals surface area contributed by atoms with Crippen molar-refractivity contribution in [3.63, 3.8) is 0 Å². The summed E-state index contributed by atoms with van der Waals surface area (Å²) in [5, 5.41) is 23.3. The van der Waals surface area contributed by atoms with E-state index in [1.807, 2.05) is 0 Å². The molecule has 6 heteroatoms. The second-order valence-electron chi connectivity index (χ2n) is 18.9. The number of hydrogen-bond donors (Lipinski definition) is 3. The van der Waals surface area contributed by atoms with E-state index in [2.05, 4.69) is 43.5 Å². The van der Waals surface area contributed by atoms with Crippen LogP contribution in [0.15, 0.2) is 24.3 Å². The molecule has 366 valence electrons. The molecule has 0 aromatic heterocycles. The molecule has 2 unspecified atom stereocenters. The van der Waals surface area contributed by atoms with Crippen LogP contribution in [0.5, 0.6) is 0 Å². The molecule has 3 N–H and O–H groups in total. The van der Waals surface area contributed by atoms with Crippen LogP contribution < -0.4 is 5.32 Å². The molecule has 0 saturated carbocycles. The van der Waals surface area contributed by atoms with Crippen molar-refractivity contribution in [2.75, 3.05) is 13.2 Å². The molecular formula is C56H107NO5. The summed E-state index contributed by atoms with van der Waals surface area (Å²) in [5.74, 6) is -0.0865. The van der Waals surface area contributed by atoms with Crippen molar-refractivity contribution < 1.29 is 24.5 Å². The standard InChI is InChI=1S/C56H107NO5/c1-3-5-7-9-11-13-15-16-17-18-19-20-21-22-23-25-29-32-36-40-44-48-54(59)53(52-58)57-55(60)49-45-41-37-33-30-26-24-27-31-35-39-43-47-51-62-56(61)50-46-42-38-34-28-14-12-10-8-6-4-2/h10,12,26,30,53-54,58-59H,3-9,11,13-25,27-29,31-52H2,1-2H3,(H,57,60)/b12-10-,30-26-. The summed E-state index contributed by atoms with van der Waals surface area (Å²) in [7, 11) is 0. The van der Waals surface area contributed by atoms with E-state index < -0.39 is 12.1 Å². The molecule has 0 rings (SSSR count). The molecule has 0 aliphatic carbocycles. The Kier molecular flexibility index (Phi) is 50.6. The fraction of sp³-hybridized carbons (Fsp3) is 0.893. The number of rotatable bonds is 51. The predicted octanol–water partition coefficient (Wildman–Crippen LogP) is 16.7. The molecule has 0 saturated heterocycles. The fourth-order valence-electron chi connectivity index (χ4n) is 8.44. The van der Waals surface area contributed by atoms with E-state index in [4.69, 9.17) is 4.74 Å². The Bertz CT molecular complexity index is 966. The Hall–Kier alpha value is -1.66. The van der Waals surface area contributed by atoms with Gasteiger partial charge in [-0.1, -0.05) is 237 Å².